The van der Waals surface area contributed by atoms with Crippen LogP contribution in [0.2, 0.25) is 0 Å². The summed E-state index contributed by atoms with van der Waals surface area (Å²) in [5.74, 6) is -0.766. The van der Waals surface area contributed by atoms with Gasteiger partial charge in [0.05, 0.1) is 11.4 Å². The predicted molar refractivity (Wildman–Crippen MR) is 109 cm³/mol. The van der Waals surface area contributed by atoms with Crippen molar-refractivity contribution in [2.24, 2.45) is 0 Å². The molecule has 2 heterocycles. The number of thioether (sulfide) groups is 1. The number of nitrogens with zero attached hydrogens (tertiary/aromatic N) is 4. The van der Waals surface area contributed by atoms with E-state index < -0.39 is 23.4 Å². The Morgan fingerprint density at radius 3 is 2.60 bits per heavy atom. The number of aryl methyl sites for hydroxylation is 2. The normalized spacial score (nSPS) is 18.1. The molecule has 1 aliphatic heterocycles. The Balaban J connectivity index is 1.73. The first-order chi connectivity index (χ1) is 14.3. The van der Waals surface area contributed by atoms with Gasteiger partial charge in [-0.3, -0.25) is 15.0 Å². The van der Waals surface area contributed by atoms with Crippen molar-refractivity contribution in [3.05, 3.63) is 53.0 Å². The number of nitriles is 1. The second kappa shape index (κ2) is 8.51. The zero-order valence-corrected chi connectivity index (χ0v) is 17.5. The molecule has 0 spiro atoms. The van der Waals surface area contributed by atoms with Gasteiger partial charge in [-0.05, 0) is 25.8 Å². The van der Waals surface area contributed by atoms with Crippen molar-refractivity contribution in [3.8, 4) is 6.07 Å². The minimum atomic E-state index is -1.23. The van der Waals surface area contributed by atoms with Gasteiger partial charge in [0.2, 0.25) is 5.91 Å². The van der Waals surface area contributed by atoms with E-state index in [2.05, 4.69) is 20.7 Å². The highest BCUT2D eigenvalue weighted by Gasteiger charge is 2.52. The number of hydrazine groups is 1. The number of hydrogen-bond donors (Lipinski definition) is 2. The van der Waals surface area contributed by atoms with Crippen LogP contribution in [0.1, 0.15) is 36.0 Å². The number of benzene rings is 1. The van der Waals surface area contributed by atoms with Crippen LogP contribution in [0.4, 0.5) is 4.79 Å². The highest BCUT2D eigenvalue weighted by molar-refractivity contribution is 8.00. The van der Waals surface area contributed by atoms with Gasteiger partial charge in [0.15, 0.2) is 0 Å². The van der Waals surface area contributed by atoms with Crippen LogP contribution < -0.4 is 10.7 Å². The second-order valence-electron chi connectivity index (χ2n) is 6.67. The summed E-state index contributed by atoms with van der Waals surface area (Å²) in [7, 11) is 0. The average molecular weight is 424 g/mol. The molecule has 3 rings (SSSR count). The van der Waals surface area contributed by atoms with E-state index in [1.54, 1.807) is 45.0 Å². The molecule has 1 atom stereocenters. The highest BCUT2D eigenvalue weighted by atomic mass is 32.2. The molecule has 9 nitrogen and oxygen atoms in total. The average Bonchev–Trinajstić information content (AvgIpc) is 2.97. The van der Waals surface area contributed by atoms with Crippen molar-refractivity contribution < 1.29 is 14.4 Å². The first kappa shape index (κ1) is 21.3. The molecule has 1 saturated heterocycles. The Morgan fingerprint density at radius 1 is 1.27 bits per heavy atom. The van der Waals surface area contributed by atoms with Crippen LogP contribution in [0.3, 0.4) is 0 Å². The van der Waals surface area contributed by atoms with E-state index in [0.29, 0.717) is 39.1 Å². The fourth-order valence-electron chi connectivity index (χ4n) is 3.24. The summed E-state index contributed by atoms with van der Waals surface area (Å²) < 4.78 is 0. The summed E-state index contributed by atoms with van der Waals surface area (Å²) in [6.07, 6.45) is 0.327. The molecule has 0 saturated carbocycles. The van der Waals surface area contributed by atoms with E-state index >= 15 is 0 Å². The van der Waals surface area contributed by atoms with Crippen LogP contribution in [0.5, 0.6) is 0 Å². The third kappa shape index (κ3) is 3.84. The van der Waals surface area contributed by atoms with Gasteiger partial charge in [-0.1, -0.05) is 49.0 Å². The molecule has 2 N–H and O–H groups in total. The summed E-state index contributed by atoms with van der Waals surface area (Å²) in [5.41, 5.74) is 2.59. The molecule has 1 aromatic heterocycles. The largest absolute Gasteiger partial charge is 0.344 e. The fraction of sp³-hybridized carbons (Fsp3) is 0.300. The van der Waals surface area contributed by atoms with E-state index in [9.17, 15) is 19.6 Å². The van der Waals surface area contributed by atoms with Gasteiger partial charge in [-0.15, -0.1) is 0 Å². The number of hydrogen-bond acceptors (Lipinski definition) is 7. The molecule has 10 heteroatoms. The lowest BCUT2D eigenvalue weighted by molar-refractivity contribution is -0.138. The SMILES string of the molecule is CCC1(c2ccccc2)NC(=O)N(NC(=O)CSc2nc(C)nc(C)c2C#N)C1=O. The first-order valence-electron chi connectivity index (χ1n) is 9.22. The second-order valence-corrected chi connectivity index (χ2v) is 7.63. The monoisotopic (exact) mass is 424 g/mol. The van der Waals surface area contributed by atoms with Crippen molar-refractivity contribution in [2.45, 2.75) is 37.8 Å². The number of aromatic nitrogens is 2. The maximum atomic E-state index is 13.0. The van der Waals surface area contributed by atoms with Crippen LogP contribution in [0, 0.1) is 25.2 Å². The molecule has 2 aromatic rings. The predicted octanol–water partition coefficient (Wildman–Crippen LogP) is 1.95. The van der Waals surface area contributed by atoms with Gasteiger partial charge >= 0.3 is 6.03 Å². The fourth-order valence-corrected chi connectivity index (χ4v) is 4.11. The number of nitrogens with one attached hydrogen (secondary N) is 2. The van der Waals surface area contributed by atoms with Gasteiger partial charge in [-0.25, -0.2) is 14.8 Å². The molecule has 0 radical (unpaired) electrons. The maximum absolute atomic E-state index is 13.0. The van der Waals surface area contributed by atoms with Crippen LogP contribution in [-0.2, 0) is 15.1 Å². The molecule has 1 aromatic carbocycles. The molecular formula is C20H20N6O3S. The van der Waals surface area contributed by atoms with Crippen LogP contribution in [-0.4, -0.2) is 38.6 Å². The van der Waals surface area contributed by atoms with Crippen LogP contribution in [0.15, 0.2) is 35.4 Å². The zero-order valence-electron chi connectivity index (χ0n) is 16.7. The number of carbonyl (C=O) groups excluding carboxylic acids is 3. The first-order valence-corrected chi connectivity index (χ1v) is 10.2. The summed E-state index contributed by atoms with van der Waals surface area (Å²) in [5, 5.41) is 13.1. The van der Waals surface area contributed by atoms with Gasteiger partial charge in [-0.2, -0.15) is 10.3 Å². The molecule has 1 aliphatic rings. The lowest BCUT2D eigenvalue weighted by Crippen LogP contribution is -2.49. The number of carbonyl (C=O) groups is 3. The summed E-state index contributed by atoms with van der Waals surface area (Å²) in [6.45, 7) is 5.17. The van der Waals surface area contributed by atoms with Gasteiger partial charge < -0.3 is 5.32 Å². The van der Waals surface area contributed by atoms with E-state index in [1.165, 1.54) is 0 Å². The topological polar surface area (TPSA) is 128 Å². The van der Waals surface area contributed by atoms with E-state index in [0.717, 1.165) is 11.8 Å². The van der Waals surface area contributed by atoms with Gasteiger partial charge in [0.25, 0.3) is 5.91 Å². The standard InChI is InChI=1S/C20H20N6O3S/c1-4-20(14-8-6-5-7-9-14)18(28)26(19(29)24-20)25-16(27)11-30-17-15(10-21)12(2)22-13(3)23-17/h5-9H,4,11H2,1-3H3,(H,24,29)(H,25,27). The molecule has 0 bridgehead atoms. The maximum Gasteiger partial charge on any atom is 0.344 e. The Bertz CT molecular complexity index is 1050. The third-order valence-corrected chi connectivity index (χ3v) is 5.72. The Labute approximate surface area is 177 Å². The van der Waals surface area contributed by atoms with Crippen molar-refractivity contribution >= 4 is 29.6 Å². The van der Waals surface area contributed by atoms with E-state index in [4.69, 9.17) is 0 Å². The molecule has 1 fully saturated rings. The molecular weight excluding hydrogens is 404 g/mol. The van der Waals surface area contributed by atoms with Crippen molar-refractivity contribution in [1.29, 1.82) is 5.26 Å². The smallest absolute Gasteiger partial charge is 0.318 e. The summed E-state index contributed by atoms with van der Waals surface area (Å²) >= 11 is 1.04. The number of rotatable bonds is 6. The number of amides is 4. The lowest BCUT2D eigenvalue weighted by atomic mass is 9.87. The Morgan fingerprint density at radius 2 is 1.97 bits per heavy atom. The molecule has 4 amide bonds. The van der Waals surface area contributed by atoms with Crippen molar-refractivity contribution in [1.82, 2.24) is 25.7 Å². The zero-order chi connectivity index (χ0) is 21.9. The van der Waals surface area contributed by atoms with Crippen LogP contribution in [0.25, 0.3) is 0 Å². The summed E-state index contributed by atoms with van der Waals surface area (Å²) in [6, 6.07) is 10.2. The van der Waals surface area contributed by atoms with E-state index in [-0.39, 0.29) is 5.75 Å². The van der Waals surface area contributed by atoms with Gasteiger partial charge in [0.1, 0.15) is 28.0 Å². The number of urea groups is 1. The third-order valence-electron chi connectivity index (χ3n) is 4.75. The van der Waals surface area contributed by atoms with Crippen molar-refractivity contribution in [2.75, 3.05) is 5.75 Å². The van der Waals surface area contributed by atoms with E-state index in [1.807, 2.05) is 12.1 Å². The molecule has 0 aliphatic carbocycles. The Kier molecular flexibility index (Phi) is 6.03. The van der Waals surface area contributed by atoms with Gasteiger partial charge in [0, 0.05) is 0 Å². The minimum Gasteiger partial charge on any atom is -0.318 e. The molecule has 154 valence electrons. The minimum absolute atomic E-state index is 0.133. The molecule has 30 heavy (non-hydrogen) atoms. The molecule has 1 unspecified atom stereocenters. The van der Waals surface area contributed by atoms with Crippen molar-refractivity contribution in [3.63, 3.8) is 0 Å². The highest BCUT2D eigenvalue weighted by Crippen LogP contribution is 2.31. The lowest BCUT2D eigenvalue weighted by Gasteiger charge is -2.25. The van der Waals surface area contributed by atoms with Crippen LogP contribution >= 0.6 is 11.8 Å². The quantitative estimate of drug-likeness (QED) is 0.412. The summed E-state index contributed by atoms with van der Waals surface area (Å²) in [4.78, 5) is 46.2. The Hall–Kier alpha value is -3.45. The number of imide groups is 1.